The van der Waals surface area contributed by atoms with E-state index in [2.05, 4.69) is 10.3 Å². The predicted octanol–water partition coefficient (Wildman–Crippen LogP) is 1.29. The number of carbonyl (C=O) groups is 1. The maximum absolute atomic E-state index is 10.8. The summed E-state index contributed by atoms with van der Waals surface area (Å²) in [4.78, 5) is 13.8. The van der Waals surface area contributed by atoms with E-state index in [0.717, 1.165) is 18.7 Å². The molecular weight excluding hydrogens is 168 g/mol. The molecule has 0 unspecified atom stereocenters. The molecule has 0 bridgehead atoms. The fourth-order valence-electron chi connectivity index (χ4n) is 1.32. The van der Waals surface area contributed by atoms with E-state index in [1.165, 1.54) is 0 Å². The molecule has 0 spiro atoms. The van der Waals surface area contributed by atoms with Crippen LogP contribution in [0.5, 0.6) is 0 Å². The Balaban J connectivity index is 1.90. The van der Waals surface area contributed by atoms with Crippen molar-refractivity contribution in [2.24, 2.45) is 5.41 Å². The van der Waals surface area contributed by atoms with E-state index in [1.807, 2.05) is 18.3 Å². The van der Waals surface area contributed by atoms with E-state index in [-0.39, 0.29) is 0 Å². The average molecular weight is 180 g/mol. The SMILES string of the molecule is O=C(O)C1(CNc2ccc[nH]2)CC1. The van der Waals surface area contributed by atoms with Gasteiger partial charge in [-0.15, -0.1) is 0 Å². The van der Waals surface area contributed by atoms with Crippen molar-refractivity contribution < 1.29 is 9.90 Å². The topological polar surface area (TPSA) is 65.1 Å². The number of aromatic amines is 1. The molecule has 1 fully saturated rings. The highest BCUT2D eigenvalue weighted by Gasteiger charge is 2.49. The Morgan fingerprint density at radius 2 is 2.46 bits per heavy atom. The Morgan fingerprint density at radius 1 is 1.69 bits per heavy atom. The van der Waals surface area contributed by atoms with Gasteiger partial charge in [-0.1, -0.05) is 0 Å². The van der Waals surface area contributed by atoms with Crippen LogP contribution >= 0.6 is 0 Å². The van der Waals surface area contributed by atoms with E-state index < -0.39 is 11.4 Å². The number of carboxylic acids is 1. The maximum Gasteiger partial charge on any atom is 0.311 e. The number of aromatic nitrogens is 1. The van der Waals surface area contributed by atoms with Crippen LogP contribution in [0, 0.1) is 5.41 Å². The summed E-state index contributed by atoms with van der Waals surface area (Å²) >= 11 is 0. The van der Waals surface area contributed by atoms with Crippen molar-refractivity contribution in [3.8, 4) is 0 Å². The Labute approximate surface area is 76.0 Å². The molecule has 0 aliphatic heterocycles. The summed E-state index contributed by atoms with van der Waals surface area (Å²) in [5.41, 5.74) is -0.495. The molecule has 1 aromatic heterocycles. The molecule has 0 radical (unpaired) electrons. The summed E-state index contributed by atoms with van der Waals surface area (Å²) in [5, 5.41) is 12.0. The third-order valence-corrected chi connectivity index (χ3v) is 2.52. The first-order valence-corrected chi connectivity index (χ1v) is 4.34. The van der Waals surface area contributed by atoms with Crippen LogP contribution in [0.15, 0.2) is 18.3 Å². The minimum absolute atomic E-state index is 0.495. The van der Waals surface area contributed by atoms with Crippen LogP contribution in [0.3, 0.4) is 0 Å². The highest BCUT2D eigenvalue weighted by Crippen LogP contribution is 2.45. The number of hydrogen-bond acceptors (Lipinski definition) is 2. The lowest BCUT2D eigenvalue weighted by molar-refractivity contribution is -0.142. The lowest BCUT2D eigenvalue weighted by Crippen LogP contribution is -2.24. The van der Waals surface area contributed by atoms with Crippen LogP contribution in [0.4, 0.5) is 5.82 Å². The fourth-order valence-corrected chi connectivity index (χ4v) is 1.32. The largest absolute Gasteiger partial charge is 0.481 e. The van der Waals surface area contributed by atoms with Crippen LogP contribution in [0.1, 0.15) is 12.8 Å². The number of rotatable bonds is 4. The van der Waals surface area contributed by atoms with E-state index >= 15 is 0 Å². The predicted molar refractivity (Wildman–Crippen MR) is 48.6 cm³/mol. The zero-order chi connectivity index (χ0) is 9.31. The molecule has 70 valence electrons. The molecule has 2 rings (SSSR count). The van der Waals surface area contributed by atoms with Gasteiger partial charge in [0, 0.05) is 12.7 Å². The summed E-state index contributed by atoms with van der Waals surface area (Å²) in [6, 6.07) is 3.76. The highest BCUT2D eigenvalue weighted by molar-refractivity contribution is 5.78. The van der Waals surface area contributed by atoms with Gasteiger partial charge in [0.25, 0.3) is 0 Å². The Kier molecular flexibility index (Phi) is 1.76. The van der Waals surface area contributed by atoms with E-state index in [9.17, 15) is 4.79 Å². The smallest absolute Gasteiger partial charge is 0.311 e. The monoisotopic (exact) mass is 180 g/mol. The molecule has 4 heteroatoms. The average Bonchev–Trinajstić information content (AvgIpc) is 2.73. The number of aliphatic carboxylic acids is 1. The Bertz CT molecular complexity index is 301. The van der Waals surface area contributed by atoms with Crippen molar-refractivity contribution in [3.05, 3.63) is 18.3 Å². The molecule has 1 aliphatic carbocycles. The number of anilines is 1. The normalized spacial score (nSPS) is 18.2. The van der Waals surface area contributed by atoms with E-state index in [0.29, 0.717) is 6.54 Å². The Hall–Kier alpha value is -1.45. The van der Waals surface area contributed by atoms with Crippen molar-refractivity contribution in [3.63, 3.8) is 0 Å². The number of H-pyrrole nitrogens is 1. The van der Waals surface area contributed by atoms with Gasteiger partial charge in [0.2, 0.25) is 0 Å². The minimum Gasteiger partial charge on any atom is -0.481 e. The second kappa shape index (κ2) is 2.80. The molecule has 3 N–H and O–H groups in total. The molecule has 13 heavy (non-hydrogen) atoms. The van der Waals surface area contributed by atoms with Crippen molar-refractivity contribution in [2.75, 3.05) is 11.9 Å². The lowest BCUT2D eigenvalue weighted by atomic mass is 10.1. The molecule has 0 aromatic carbocycles. The maximum atomic E-state index is 10.8. The summed E-state index contributed by atoms with van der Waals surface area (Å²) < 4.78 is 0. The first-order valence-electron chi connectivity index (χ1n) is 4.34. The molecule has 1 aliphatic rings. The van der Waals surface area contributed by atoms with Crippen LogP contribution in [-0.2, 0) is 4.79 Å². The highest BCUT2D eigenvalue weighted by atomic mass is 16.4. The van der Waals surface area contributed by atoms with Gasteiger partial charge >= 0.3 is 5.97 Å². The number of hydrogen-bond donors (Lipinski definition) is 3. The van der Waals surface area contributed by atoms with E-state index in [4.69, 9.17) is 5.11 Å². The number of nitrogens with one attached hydrogen (secondary N) is 2. The minimum atomic E-state index is -0.688. The van der Waals surface area contributed by atoms with Gasteiger partial charge in [0.05, 0.1) is 5.41 Å². The van der Waals surface area contributed by atoms with Crippen molar-refractivity contribution in [1.29, 1.82) is 0 Å². The molecule has 0 atom stereocenters. The van der Waals surface area contributed by atoms with Crippen LogP contribution in [-0.4, -0.2) is 22.6 Å². The van der Waals surface area contributed by atoms with Gasteiger partial charge in [0.15, 0.2) is 0 Å². The Morgan fingerprint density at radius 3 is 2.92 bits per heavy atom. The zero-order valence-corrected chi connectivity index (χ0v) is 7.21. The van der Waals surface area contributed by atoms with Gasteiger partial charge in [-0.3, -0.25) is 4.79 Å². The molecule has 1 aromatic rings. The number of carboxylic acid groups (broad SMARTS) is 1. The van der Waals surface area contributed by atoms with Gasteiger partial charge in [-0.05, 0) is 25.0 Å². The summed E-state index contributed by atoms with van der Waals surface area (Å²) in [7, 11) is 0. The van der Waals surface area contributed by atoms with Crippen LogP contribution < -0.4 is 5.32 Å². The van der Waals surface area contributed by atoms with Gasteiger partial charge < -0.3 is 15.4 Å². The first kappa shape index (κ1) is 8.16. The van der Waals surface area contributed by atoms with Gasteiger partial charge in [-0.2, -0.15) is 0 Å². The lowest BCUT2D eigenvalue weighted by Gasteiger charge is -2.10. The third-order valence-electron chi connectivity index (χ3n) is 2.52. The third kappa shape index (κ3) is 1.52. The van der Waals surface area contributed by atoms with Crippen molar-refractivity contribution in [2.45, 2.75) is 12.8 Å². The van der Waals surface area contributed by atoms with Crippen LogP contribution in [0.2, 0.25) is 0 Å². The van der Waals surface area contributed by atoms with Gasteiger partial charge in [0.1, 0.15) is 5.82 Å². The summed E-state index contributed by atoms with van der Waals surface area (Å²) in [6.07, 6.45) is 3.38. The van der Waals surface area contributed by atoms with Gasteiger partial charge in [-0.25, -0.2) is 0 Å². The molecule has 1 heterocycles. The summed E-state index contributed by atoms with van der Waals surface area (Å²) in [6.45, 7) is 0.517. The zero-order valence-electron chi connectivity index (χ0n) is 7.21. The second-order valence-corrected chi connectivity index (χ2v) is 3.52. The fraction of sp³-hybridized carbons (Fsp3) is 0.444. The quantitative estimate of drug-likeness (QED) is 0.654. The summed E-state index contributed by atoms with van der Waals surface area (Å²) in [5.74, 6) is 0.194. The standard InChI is InChI=1S/C9H12N2O2/c12-8(13)9(3-4-9)6-11-7-2-1-5-10-7/h1-2,5,10-11H,3-4,6H2,(H,12,13). The molecule has 0 amide bonds. The van der Waals surface area contributed by atoms with Crippen molar-refractivity contribution in [1.82, 2.24) is 4.98 Å². The molecular formula is C9H12N2O2. The van der Waals surface area contributed by atoms with Crippen LogP contribution in [0.25, 0.3) is 0 Å². The van der Waals surface area contributed by atoms with E-state index in [1.54, 1.807) is 0 Å². The molecule has 0 saturated heterocycles. The molecule has 4 nitrogen and oxygen atoms in total. The van der Waals surface area contributed by atoms with Crippen molar-refractivity contribution >= 4 is 11.8 Å². The first-order chi connectivity index (χ1) is 6.23. The molecule has 1 saturated carbocycles. The second-order valence-electron chi connectivity index (χ2n) is 3.52.